The fourth-order valence-corrected chi connectivity index (χ4v) is 4.17. The molecule has 0 aliphatic carbocycles. The predicted octanol–water partition coefficient (Wildman–Crippen LogP) is 7.17. The lowest BCUT2D eigenvalue weighted by molar-refractivity contribution is 0.467. The van der Waals surface area contributed by atoms with Gasteiger partial charge < -0.3 is 4.90 Å². The Kier molecular flexibility index (Phi) is 5.06. The van der Waals surface area contributed by atoms with Crippen LogP contribution in [0.15, 0.2) is 60.7 Å². The average Bonchev–Trinajstić information content (AvgIpc) is 2.74. The highest BCUT2D eigenvalue weighted by molar-refractivity contribution is 6.32. The van der Waals surface area contributed by atoms with Gasteiger partial charge in [-0.25, -0.2) is 4.39 Å². The van der Waals surface area contributed by atoms with E-state index in [9.17, 15) is 4.39 Å². The quantitative estimate of drug-likeness (QED) is 0.462. The molecule has 146 valence electrons. The van der Waals surface area contributed by atoms with E-state index in [1.54, 1.807) is 6.07 Å². The number of benzene rings is 3. The van der Waals surface area contributed by atoms with E-state index in [0.29, 0.717) is 16.1 Å². The summed E-state index contributed by atoms with van der Waals surface area (Å²) in [5.41, 5.74) is 6.85. The molecule has 0 fully saturated rings. The number of rotatable bonds is 3. The van der Waals surface area contributed by atoms with Gasteiger partial charge in [0.15, 0.2) is 0 Å². The predicted molar refractivity (Wildman–Crippen MR) is 118 cm³/mol. The largest absolute Gasteiger partial charge is 0.341 e. The van der Waals surface area contributed by atoms with Gasteiger partial charge in [0.1, 0.15) is 12.7 Å². The number of fused-ring (bicyclic) bond motifs is 1. The van der Waals surface area contributed by atoms with Crippen molar-refractivity contribution < 1.29 is 4.39 Å². The Labute approximate surface area is 176 Å². The third-order valence-electron chi connectivity index (χ3n) is 5.80. The van der Waals surface area contributed by atoms with Gasteiger partial charge in [0.05, 0.1) is 10.6 Å². The van der Waals surface area contributed by atoms with Crippen LogP contribution in [0.5, 0.6) is 0 Å². The van der Waals surface area contributed by atoms with E-state index >= 15 is 0 Å². The summed E-state index contributed by atoms with van der Waals surface area (Å²) in [6.45, 7) is 4.97. The van der Waals surface area contributed by atoms with Gasteiger partial charge in [0, 0.05) is 17.9 Å². The van der Waals surface area contributed by atoms with Crippen LogP contribution < -0.4 is 4.90 Å². The maximum Gasteiger partial charge on any atom is 0.115 e. The minimum absolute atomic E-state index is 0.0388. The van der Waals surface area contributed by atoms with Gasteiger partial charge >= 0.3 is 0 Å². The van der Waals surface area contributed by atoms with E-state index in [-0.39, 0.29) is 5.41 Å². The lowest BCUT2D eigenvalue weighted by Crippen LogP contribution is -2.34. The number of alkyl halides is 1. The Morgan fingerprint density at radius 2 is 1.76 bits per heavy atom. The summed E-state index contributed by atoms with van der Waals surface area (Å²) in [6, 6.07) is 21.9. The van der Waals surface area contributed by atoms with Crippen LogP contribution in [0.25, 0.3) is 11.1 Å². The van der Waals surface area contributed by atoms with Crippen molar-refractivity contribution in [2.45, 2.75) is 32.4 Å². The SMILES string of the molecule is CC1(C)CCN(c2ccc(C#N)c(Cl)c2)c2ccc(-c3ccc(CF)cc3)cc21. The van der Waals surface area contributed by atoms with E-state index in [0.717, 1.165) is 35.5 Å². The molecule has 0 bridgehead atoms. The van der Waals surface area contributed by atoms with Crippen molar-refractivity contribution >= 4 is 23.0 Å². The summed E-state index contributed by atoms with van der Waals surface area (Å²) in [6.07, 6.45) is 1.00. The summed E-state index contributed by atoms with van der Waals surface area (Å²) in [5.74, 6) is 0. The van der Waals surface area contributed by atoms with E-state index in [4.69, 9.17) is 16.9 Å². The summed E-state index contributed by atoms with van der Waals surface area (Å²) < 4.78 is 12.8. The first-order chi connectivity index (χ1) is 13.9. The second-order valence-corrected chi connectivity index (χ2v) is 8.53. The van der Waals surface area contributed by atoms with Gasteiger partial charge in [-0.05, 0) is 64.4 Å². The molecule has 0 spiro atoms. The van der Waals surface area contributed by atoms with Crippen molar-refractivity contribution in [2.75, 3.05) is 11.4 Å². The Morgan fingerprint density at radius 1 is 1.03 bits per heavy atom. The third kappa shape index (κ3) is 3.61. The minimum Gasteiger partial charge on any atom is -0.341 e. The molecule has 0 unspecified atom stereocenters. The molecule has 3 aromatic rings. The van der Waals surface area contributed by atoms with Crippen LogP contribution in [0.1, 0.15) is 37.0 Å². The first-order valence-electron chi connectivity index (χ1n) is 9.70. The van der Waals surface area contributed by atoms with Gasteiger partial charge in [-0.2, -0.15) is 5.26 Å². The Balaban J connectivity index is 1.78. The number of halogens is 2. The molecule has 0 amide bonds. The van der Waals surface area contributed by atoms with Crippen LogP contribution >= 0.6 is 11.6 Å². The summed E-state index contributed by atoms with van der Waals surface area (Å²) in [5, 5.41) is 9.62. The summed E-state index contributed by atoms with van der Waals surface area (Å²) >= 11 is 6.29. The van der Waals surface area contributed by atoms with Gasteiger partial charge in [0.25, 0.3) is 0 Å². The van der Waals surface area contributed by atoms with Gasteiger partial charge in [0.2, 0.25) is 0 Å². The molecule has 2 nitrogen and oxygen atoms in total. The molecule has 1 heterocycles. The molecule has 0 atom stereocenters. The second kappa shape index (κ2) is 7.54. The highest BCUT2D eigenvalue weighted by Crippen LogP contribution is 2.44. The average molecular weight is 405 g/mol. The highest BCUT2D eigenvalue weighted by atomic mass is 35.5. The molecular weight excluding hydrogens is 383 g/mol. The van der Waals surface area contributed by atoms with Crippen molar-refractivity contribution in [1.82, 2.24) is 0 Å². The first kappa shape index (κ1) is 19.5. The van der Waals surface area contributed by atoms with Gasteiger partial charge in [-0.15, -0.1) is 0 Å². The van der Waals surface area contributed by atoms with Crippen LogP contribution in [0.2, 0.25) is 5.02 Å². The molecule has 1 aliphatic rings. The number of hydrogen-bond donors (Lipinski definition) is 0. The normalized spacial score (nSPS) is 14.9. The standard InChI is InChI=1S/C25H22ClFN2/c1-25(2)11-12-29(21-9-7-20(16-28)23(26)14-21)24-10-8-19(13-22(24)25)18-5-3-17(15-27)4-6-18/h3-10,13-14H,11-12,15H2,1-2H3. The molecule has 0 aromatic heterocycles. The molecule has 0 saturated carbocycles. The number of anilines is 2. The zero-order valence-electron chi connectivity index (χ0n) is 16.5. The van der Waals surface area contributed by atoms with Crippen LogP contribution in [0.3, 0.4) is 0 Å². The maximum absolute atomic E-state index is 12.8. The minimum atomic E-state index is -0.445. The third-order valence-corrected chi connectivity index (χ3v) is 6.12. The fraction of sp³-hybridized carbons (Fsp3) is 0.240. The zero-order chi connectivity index (χ0) is 20.6. The molecule has 29 heavy (non-hydrogen) atoms. The molecule has 3 aromatic carbocycles. The lowest BCUT2D eigenvalue weighted by atomic mass is 9.76. The Hall–Kier alpha value is -2.83. The molecule has 0 N–H and O–H groups in total. The van der Waals surface area contributed by atoms with E-state index in [1.807, 2.05) is 36.4 Å². The van der Waals surface area contributed by atoms with E-state index in [1.165, 1.54) is 5.56 Å². The highest BCUT2D eigenvalue weighted by Gasteiger charge is 2.32. The van der Waals surface area contributed by atoms with Gasteiger partial charge in [-0.1, -0.05) is 55.8 Å². The van der Waals surface area contributed by atoms with Crippen LogP contribution in [0, 0.1) is 11.3 Å². The molecule has 1 aliphatic heterocycles. The molecule has 0 saturated heterocycles. The maximum atomic E-state index is 12.8. The molecular formula is C25H22ClFN2. The van der Waals surface area contributed by atoms with Crippen LogP contribution in [-0.4, -0.2) is 6.54 Å². The molecule has 0 radical (unpaired) electrons. The van der Waals surface area contributed by atoms with Crippen LogP contribution in [-0.2, 0) is 12.1 Å². The van der Waals surface area contributed by atoms with Crippen molar-refractivity contribution in [3.05, 3.63) is 82.4 Å². The van der Waals surface area contributed by atoms with Crippen molar-refractivity contribution in [3.63, 3.8) is 0 Å². The number of nitriles is 1. The smallest absolute Gasteiger partial charge is 0.115 e. The van der Waals surface area contributed by atoms with Crippen molar-refractivity contribution in [1.29, 1.82) is 5.26 Å². The molecule has 4 rings (SSSR count). The Morgan fingerprint density at radius 3 is 2.41 bits per heavy atom. The van der Waals surface area contributed by atoms with Crippen molar-refractivity contribution in [2.24, 2.45) is 0 Å². The monoisotopic (exact) mass is 404 g/mol. The van der Waals surface area contributed by atoms with E-state index in [2.05, 4.69) is 43.0 Å². The van der Waals surface area contributed by atoms with Crippen molar-refractivity contribution in [3.8, 4) is 17.2 Å². The number of nitrogens with zero attached hydrogens (tertiary/aromatic N) is 2. The summed E-state index contributed by atoms with van der Waals surface area (Å²) in [4.78, 5) is 2.27. The second-order valence-electron chi connectivity index (χ2n) is 8.12. The van der Waals surface area contributed by atoms with E-state index < -0.39 is 6.67 Å². The van der Waals surface area contributed by atoms with Gasteiger partial charge in [-0.3, -0.25) is 0 Å². The first-order valence-corrected chi connectivity index (χ1v) is 10.1. The van der Waals surface area contributed by atoms with Crippen LogP contribution in [0.4, 0.5) is 15.8 Å². The summed E-state index contributed by atoms with van der Waals surface area (Å²) in [7, 11) is 0. The topological polar surface area (TPSA) is 27.0 Å². The molecule has 4 heteroatoms. The lowest BCUT2D eigenvalue weighted by Gasteiger charge is -2.40. The Bertz CT molecular complexity index is 1100. The number of hydrogen-bond acceptors (Lipinski definition) is 2. The zero-order valence-corrected chi connectivity index (χ0v) is 17.3. The fourth-order valence-electron chi connectivity index (χ4n) is 3.96.